The summed E-state index contributed by atoms with van der Waals surface area (Å²) in [4.78, 5) is 6.88. The zero-order valence-electron chi connectivity index (χ0n) is 13.6. The second-order valence-corrected chi connectivity index (χ2v) is 6.51. The van der Waals surface area contributed by atoms with Crippen LogP contribution in [-0.4, -0.2) is 34.7 Å². The molecule has 23 heavy (non-hydrogen) atoms. The normalized spacial score (nSPS) is 22.4. The van der Waals surface area contributed by atoms with E-state index < -0.39 is 0 Å². The average molecular weight is 313 g/mol. The molecule has 5 heteroatoms. The number of ether oxygens (including phenoxy) is 1. The Bertz CT molecular complexity index is 649. The van der Waals surface area contributed by atoms with Gasteiger partial charge < -0.3 is 9.26 Å². The molecule has 1 aliphatic heterocycles. The van der Waals surface area contributed by atoms with E-state index in [1.165, 1.54) is 24.0 Å². The van der Waals surface area contributed by atoms with Crippen LogP contribution in [0.4, 0.5) is 0 Å². The predicted molar refractivity (Wildman–Crippen MR) is 86.1 cm³/mol. The van der Waals surface area contributed by atoms with Gasteiger partial charge in [-0.3, -0.25) is 4.90 Å². The lowest BCUT2D eigenvalue weighted by Crippen LogP contribution is -2.38. The Hall–Kier alpha value is -1.72. The molecule has 0 radical (unpaired) electrons. The summed E-state index contributed by atoms with van der Waals surface area (Å²) in [7, 11) is 0. The van der Waals surface area contributed by atoms with Crippen LogP contribution in [0, 0.1) is 0 Å². The van der Waals surface area contributed by atoms with Gasteiger partial charge in [-0.15, -0.1) is 0 Å². The molecular formula is C18H23N3O2. The SMILES string of the molecule is CCc1ccc(C2CN(Cc3noc(C4CC4)n3)CCO2)cc1. The maximum Gasteiger partial charge on any atom is 0.229 e. The van der Waals surface area contributed by atoms with Gasteiger partial charge in [-0.1, -0.05) is 36.3 Å². The predicted octanol–water partition coefficient (Wildman–Crippen LogP) is 3.08. The summed E-state index contributed by atoms with van der Waals surface area (Å²) in [5, 5.41) is 4.12. The largest absolute Gasteiger partial charge is 0.371 e. The van der Waals surface area contributed by atoms with Crippen LogP contribution in [0.5, 0.6) is 0 Å². The molecule has 0 amide bonds. The van der Waals surface area contributed by atoms with Crippen LogP contribution in [0.25, 0.3) is 0 Å². The van der Waals surface area contributed by atoms with Crippen LogP contribution in [0.3, 0.4) is 0 Å². The van der Waals surface area contributed by atoms with E-state index in [4.69, 9.17) is 9.26 Å². The van der Waals surface area contributed by atoms with Crippen molar-refractivity contribution < 1.29 is 9.26 Å². The van der Waals surface area contributed by atoms with Gasteiger partial charge in [-0.25, -0.2) is 0 Å². The first-order valence-corrected chi connectivity index (χ1v) is 8.57. The van der Waals surface area contributed by atoms with Gasteiger partial charge >= 0.3 is 0 Å². The Balaban J connectivity index is 1.39. The summed E-state index contributed by atoms with van der Waals surface area (Å²) in [6, 6.07) is 8.76. The topological polar surface area (TPSA) is 51.4 Å². The Labute approximate surface area is 136 Å². The lowest BCUT2D eigenvalue weighted by molar-refractivity contribution is -0.0338. The molecule has 5 nitrogen and oxygen atoms in total. The van der Waals surface area contributed by atoms with Gasteiger partial charge in [0, 0.05) is 19.0 Å². The summed E-state index contributed by atoms with van der Waals surface area (Å²) in [5.74, 6) is 2.14. The highest BCUT2D eigenvalue weighted by molar-refractivity contribution is 5.24. The number of rotatable bonds is 5. The number of hydrogen-bond acceptors (Lipinski definition) is 5. The molecule has 0 bridgehead atoms. The first-order valence-electron chi connectivity index (χ1n) is 8.57. The quantitative estimate of drug-likeness (QED) is 0.849. The first-order chi connectivity index (χ1) is 11.3. The monoisotopic (exact) mass is 313 g/mol. The van der Waals surface area contributed by atoms with Crippen LogP contribution in [-0.2, 0) is 17.7 Å². The van der Waals surface area contributed by atoms with E-state index >= 15 is 0 Å². The highest BCUT2D eigenvalue weighted by Gasteiger charge is 2.30. The summed E-state index contributed by atoms with van der Waals surface area (Å²) in [5.41, 5.74) is 2.61. The third kappa shape index (κ3) is 3.46. The Morgan fingerprint density at radius 1 is 1.22 bits per heavy atom. The molecule has 1 aliphatic carbocycles. The molecule has 1 saturated carbocycles. The van der Waals surface area contributed by atoms with Gasteiger partial charge in [0.15, 0.2) is 5.82 Å². The van der Waals surface area contributed by atoms with Crippen molar-refractivity contribution in [2.75, 3.05) is 19.7 Å². The van der Waals surface area contributed by atoms with Crippen LogP contribution in [0.2, 0.25) is 0 Å². The van der Waals surface area contributed by atoms with Gasteiger partial charge in [-0.05, 0) is 30.4 Å². The first kappa shape index (κ1) is 14.8. The number of nitrogens with zero attached hydrogens (tertiary/aromatic N) is 3. The minimum atomic E-state index is 0.129. The van der Waals surface area contributed by atoms with E-state index in [-0.39, 0.29) is 6.10 Å². The van der Waals surface area contributed by atoms with E-state index in [2.05, 4.69) is 46.2 Å². The van der Waals surface area contributed by atoms with E-state index in [1.54, 1.807) is 0 Å². The molecule has 4 rings (SSSR count). The van der Waals surface area contributed by atoms with Gasteiger partial charge in [0.05, 0.1) is 19.3 Å². The molecular weight excluding hydrogens is 290 g/mol. The van der Waals surface area contributed by atoms with Crippen molar-refractivity contribution >= 4 is 0 Å². The highest BCUT2D eigenvalue weighted by Crippen LogP contribution is 2.38. The third-order valence-corrected chi connectivity index (χ3v) is 4.69. The molecule has 1 aromatic carbocycles. The number of benzene rings is 1. The molecule has 2 fully saturated rings. The summed E-state index contributed by atoms with van der Waals surface area (Å²) in [6.07, 6.45) is 3.58. The molecule has 1 saturated heterocycles. The highest BCUT2D eigenvalue weighted by atomic mass is 16.5. The van der Waals surface area contributed by atoms with Crippen LogP contribution in [0.15, 0.2) is 28.8 Å². The molecule has 2 aromatic rings. The Morgan fingerprint density at radius 2 is 2.04 bits per heavy atom. The zero-order valence-corrected chi connectivity index (χ0v) is 13.6. The molecule has 1 aromatic heterocycles. The third-order valence-electron chi connectivity index (χ3n) is 4.69. The summed E-state index contributed by atoms with van der Waals surface area (Å²) in [6.45, 7) is 5.45. The minimum Gasteiger partial charge on any atom is -0.371 e. The van der Waals surface area contributed by atoms with Crippen LogP contribution >= 0.6 is 0 Å². The Morgan fingerprint density at radius 3 is 2.78 bits per heavy atom. The lowest BCUT2D eigenvalue weighted by Gasteiger charge is -2.32. The van der Waals surface area contributed by atoms with Crippen molar-refractivity contribution in [3.63, 3.8) is 0 Å². The maximum absolute atomic E-state index is 5.95. The van der Waals surface area contributed by atoms with Crippen LogP contribution in [0.1, 0.15) is 54.6 Å². The second-order valence-electron chi connectivity index (χ2n) is 6.51. The number of aryl methyl sites for hydroxylation is 1. The summed E-state index contributed by atoms with van der Waals surface area (Å²) < 4.78 is 11.3. The average Bonchev–Trinajstić information content (AvgIpc) is 3.35. The number of hydrogen-bond donors (Lipinski definition) is 0. The van der Waals surface area contributed by atoms with Gasteiger partial charge in [-0.2, -0.15) is 4.98 Å². The minimum absolute atomic E-state index is 0.129. The standard InChI is InChI=1S/C18H23N3O2/c1-2-13-3-5-14(6-4-13)16-11-21(9-10-22-16)12-17-19-18(23-20-17)15-7-8-15/h3-6,15-16H,2,7-12H2,1H3. The second kappa shape index (κ2) is 6.42. The lowest BCUT2D eigenvalue weighted by atomic mass is 10.0. The molecule has 2 heterocycles. The molecule has 2 aliphatic rings. The van der Waals surface area contributed by atoms with Gasteiger partial charge in [0.1, 0.15) is 0 Å². The van der Waals surface area contributed by atoms with Crippen molar-refractivity contribution in [3.8, 4) is 0 Å². The number of aromatic nitrogens is 2. The fourth-order valence-electron chi connectivity index (χ4n) is 3.04. The van der Waals surface area contributed by atoms with E-state index in [9.17, 15) is 0 Å². The fraction of sp³-hybridized carbons (Fsp3) is 0.556. The summed E-state index contributed by atoms with van der Waals surface area (Å²) >= 11 is 0. The van der Waals surface area contributed by atoms with Gasteiger partial charge in [0.25, 0.3) is 0 Å². The fourth-order valence-corrected chi connectivity index (χ4v) is 3.04. The Kier molecular flexibility index (Phi) is 4.14. The molecule has 0 N–H and O–H groups in total. The van der Waals surface area contributed by atoms with Crippen molar-refractivity contribution in [2.24, 2.45) is 0 Å². The number of morpholine rings is 1. The van der Waals surface area contributed by atoms with E-state index in [0.29, 0.717) is 5.92 Å². The van der Waals surface area contributed by atoms with Crippen molar-refractivity contribution in [1.82, 2.24) is 15.0 Å². The van der Waals surface area contributed by atoms with Crippen molar-refractivity contribution in [2.45, 2.75) is 44.8 Å². The molecule has 0 spiro atoms. The van der Waals surface area contributed by atoms with Gasteiger partial charge in [0.2, 0.25) is 5.89 Å². The molecule has 1 atom stereocenters. The van der Waals surface area contributed by atoms with E-state index in [1.807, 2.05) is 0 Å². The zero-order chi connectivity index (χ0) is 15.6. The smallest absolute Gasteiger partial charge is 0.229 e. The molecule has 1 unspecified atom stereocenters. The van der Waals surface area contributed by atoms with E-state index in [0.717, 1.165) is 44.4 Å². The molecule has 122 valence electrons. The maximum atomic E-state index is 5.95. The van der Waals surface area contributed by atoms with Crippen molar-refractivity contribution in [1.29, 1.82) is 0 Å². The van der Waals surface area contributed by atoms with Crippen LogP contribution < -0.4 is 0 Å². The van der Waals surface area contributed by atoms with Crippen molar-refractivity contribution in [3.05, 3.63) is 47.1 Å².